The molecule has 4 rings (SSSR count). The normalized spacial score (nSPS) is 10.8. The highest BCUT2D eigenvalue weighted by Crippen LogP contribution is 2.31. The van der Waals surface area contributed by atoms with Crippen LogP contribution in [0.1, 0.15) is 11.4 Å². The molecule has 1 aromatic carbocycles. The summed E-state index contributed by atoms with van der Waals surface area (Å²) in [6.45, 7) is 3.10. The topological polar surface area (TPSA) is 106 Å². The van der Waals surface area contributed by atoms with E-state index in [2.05, 4.69) is 15.0 Å². The zero-order valence-corrected chi connectivity index (χ0v) is 18.3. The fourth-order valence-electron chi connectivity index (χ4n) is 3.48. The van der Waals surface area contributed by atoms with Crippen molar-refractivity contribution in [2.24, 2.45) is 0 Å². The van der Waals surface area contributed by atoms with Gasteiger partial charge in [0.1, 0.15) is 18.2 Å². The number of rotatable bonds is 4. The van der Waals surface area contributed by atoms with Gasteiger partial charge in [-0.2, -0.15) is 5.26 Å². The van der Waals surface area contributed by atoms with E-state index in [0.29, 0.717) is 11.4 Å². The molecule has 0 aliphatic rings. The minimum atomic E-state index is -0.735. The van der Waals surface area contributed by atoms with Gasteiger partial charge in [-0.05, 0) is 43.2 Å². The fourth-order valence-corrected chi connectivity index (χ4v) is 3.67. The first-order chi connectivity index (χ1) is 15.8. The smallest absolute Gasteiger partial charge is 0.278 e. The van der Waals surface area contributed by atoms with Crippen LogP contribution in [0, 0.1) is 31.0 Å². The van der Waals surface area contributed by atoms with Gasteiger partial charge >= 0.3 is 5.69 Å². The summed E-state index contributed by atoms with van der Waals surface area (Å²) in [7, 11) is 0. The molecule has 0 fully saturated rings. The third-order valence-electron chi connectivity index (χ3n) is 4.96. The molecule has 0 radical (unpaired) electrons. The highest BCUT2D eigenvalue weighted by Gasteiger charge is 2.24. The summed E-state index contributed by atoms with van der Waals surface area (Å²) in [4.78, 5) is 39.6. The Morgan fingerprint density at radius 3 is 2.42 bits per heavy atom. The molecule has 3 heterocycles. The molecule has 3 aromatic heterocycles. The molecule has 4 aromatic rings. The molecule has 10 heteroatoms. The molecular formula is C23H16ClFN6O2. The van der Waals surface area contributed by atoms with Gasteiger partial charge in [0.15, 0.2) is 0 Å². The largest absolute Gasteiger partial charge is 0.337 e. The van der Waals surface area contributed by atoms with Gasteiger partial charge in [0, 0.05) is 24.2 Å². The van der Waals surface area contributed by atoms with Crippen LogP contribution in [-0.4, -0.2) is 24.1 Å². The van der Waals surface area contributed by atoms with Crippen LogP contribution in [0.3, 0.4) is 0 Å². The molecule has 8 nitrogen and oxygen atoms in total. The molecule has 0 N–H and O–H groups in total. The molecular weight excluding hydrogens is 447 g/mol. The van der Waals surface area contributed by atoms with E-state index in [9.17, 15) is 19.2 Å². The molecule has 0 spiro atoms. The Balaban J connectivity index is 2.21. The maximum absolute atomic E-state index is 13.9. The van der Waals surface area contributed by atoms with Crippen LogP contribution in [0.25, 0.3) is 28.1 Å². The van der Waals surface area contributed by atoms with Crippen LogP contribution >= 0.6 is 11.6 Å². The van der Waals surface area contributed by atoms with Crippen LogP contribution in [0.2, 0.25) is 5.02 Å². The predicted molar refractivity (Wildman–Crippen MR) is 121 cm³/mol. The quantitative estimate of drug-likeness (QED) is 0.460. The second-order valence-corrected chi connectivity index (χ2v) is 7.67. The van der Waals surface area contributed by atoms with Gasteiger partial charge in [-0.3, -0.25) is 14.3 Å². The summed E-state index contributed by atoms with van der Waals surface area (Å²) in [5.41, 5.74) is 0.331. The maximum atomic E-state index is 13.9. The number of nitriles is 1. The fraction of sp³-hybridized carbons (Fsp3) is 0.130. The van der Waals surface area contributed by atoms with Crippen molar-refractivity contribution in [3.63, 3.8) is 0 Å². The molecule has 0 aliphatic heterocycles. The predicted octanol–water partition coefficient (Wildman–Crippen LogP) is 3.45. The lowest BCUT2D eigenvalue weighted by Gasteiger charge is -2.18. The highest BCUT2D eigenvalue weighted by atomic mass is 35.5. The number of pyridine rings is 1. The van der Waals surface area contributed by atoms with Crippen molar-refractivity contribution < 1.29 is 4.39 Å². The lowest BCUT2D eigenvalue weighted by Crippen LogP contribution is -2.40. The molecule has 0 amide bonds. The minimum Gasteiger partial charge on any atom is -0.278 e. The third-order valence-corrected chi connectivity index (χ3v) is 5.25. The lowest BCUT2D eigenvalue weighted by molar-refractivity contribution is 0.628. The molecule has 0 bridgehead atoms. The Kier molecular flexibility index (Phi) is 5.85. The van der Waals surface area contributed by atoms with Crippen LogP contribution in [0.15, 0.2) is 58.6 Å². The summed E-state index contributed by atoms with van der Waals surface area (Å²) in [6.07, 6.45) is 5.87. The van der Waals surface area contributed by atoms with Crippen LogP contribution in [0.5, 0.6) is 0 Å². The average molecular weight is 463 g/mol. The van der Waals surface area contributed by atoms with Gasteiger partial charge in [0.05, 0.1) is 34.2 Å². The van der Waals surface area contributed by atoms with Crippen LogP contribution < -0.4 is 11.2 Å². The van der Waals surface area contributed by atoms with Gasteiger partial charge < -0.3 is 0 Å². The van der Waals surface area contributed by atoms with Crippen LogP contribution in [-0.2, 0) is 6.54 Å². The molecule has 0 unspecified atom stereocenters. The number of hydrogen-bond acceptors (Lipinski definition) is 6. The molecule has 0 saturated heterocycles. The Bertz CT molecular complexity index is 1540. The van der Waals surface area contributed by atoms with Crippen molar-refractivity contribution in [3.8, 4) is 34.1 Å². The van der Waals surface area contributed by atoms with E-state index in [0.717, 1.165) is 20.8 Å². The number of aryl methyl sites for hydroxylation is 2. The highest BCUT2D eigenvalue weighted by molar-refractivity contribution is 6.31. The molecule has 33 heavy (non-hydrogen) atoms. The number of benzene rings is 1. The van der Waals surface area contributed by atoms with E-state index < -0.39 is 17.1 Å². The van der Waals surface area contributed by atoms with Crippen LogP contribution in [0.4, 0.5) is 4.39 Å². The van der Waals surface area contributed by atoms with Crippen molar-refractivity contribution in [3.05, 3.63) is 92.1 Å². The molecule has 0 aliphatic carbocycles. The van der Waals surface area contributed by atoms with E-state index in [1.165, 1.54) is 30.7 Å². The van der Waals surface area contributed by atoms with Gasteiger partial charge in [-0.25, -0.2) is 23.7 Å². The number of hydrogen-bond donors (Lipinski definition) is 0. The first-order valence-electron chi connectivity index (χ1n) is 9.75. The van der Waals surface area contributed by atoms with Crippen molar-refractivity contribution in [1.29, 1.82) is 5.26 Å². The summed E-state index contributed by atoms with van der Waals surface area (Å²) in [5, 5.41) is 9.27. The van der Waals surface area contributed by atoms with Gasteiger partial charge in [-0.15, -0.1) is 0 Å². The van der Waals surface area contributed by atoms with E-state index in [1.54, 1.807) is 26.1 Å². The summed E-state index contributed by atoms with van der Waals surface area (Å²) in [5.74, 6) is -0.173. The lowest BCUT2D eigenvalue weighted by atomic mass is 10.0. The zero-order valence-electron chi connectivity index (χ0n) is 17.6. The zero-order chi connectivity index (χ0) is 23.7. The number of nitrogens with zero attached hydrogens (tertiary/aromatic N) is 6. The van der Waals surface area contributed by atoms with E-state index in [-0.39, 0.29) is 34.1 Å². The number of halogens is 2. The minimum absolute atomic E-state index is 0.0423. The molecule has 164 valence electrons. The SMILES string of the molecule is Cc1cncc(-n2c(=O)c(-c3ccc(F)c(Cl)c3)c(-c3cnc(C)nc3)n(CC#N)c2=O)c1. The monoisotopic (exact) mass is 462 g/mol. The van der Waals surface area contributed by atoms with Crippen molar-refractivity contribution in [2.75, 3.05) is 0 Å². The Labute approximate surface area is 192 Å². The third kappa shape index (κ3) is 4.04. The van der Waals surface area contributed by atoms with E-state index in [1.807, 2.05) is 6.07 Å². The maximum Gasteiger partial charge on any atom is 0.337 e. The van der Waals surface area contributed by atoms with E-state index in [4.69, 9.17) is 11.6 Å². The first-order valence-corrected chi connectivity index (χ1v) is 10.1. The van der Waals surface area contributed by atoms with Crippen molar-refractivity contribution >= 4 is 11.6 Å². The standard InChI is InChI=1S/C23H16ClFN6O2/c1-13-7-17(12-27-9-13)31-22(32)20(15-3-4-19(25)18(24)8-15)21(30(6-5-26)23(31)33)16-10-28-14(2)29-11-16/h3-4,7-12H,6H2,1-2H3. The Hall–Kier alpha value is -4.16. The second kappa shape index (κ2) is 8.76. The van der Waals surface area contributed by atoms with Gasteiger partial charge in [0.25, 0.3) is 5.56 Å². The van der Waals surface area contributed by atoms with Gasteiger partial charge in [-0.1, -0.05) is 17.7 Å². The summed E-state index contributed by atoms with van der Waals surface area (Å²) in [6, 6.07) is 7.40. The van der Waals surface area contributed by atoms with E-state index >= 15 is 0 Å². The average Bonchev–Trinajstić information content (AvgIpc) is 2.78. The van der Waals surface area contributed by atoms with Crippen molar-refractivity contribution in [1.82, 2.24) is 24.1 Å². The number of aromatic nitrogens is 5. The second-order valence-electron chi connectivity index (χ2n) is 7.26. The Morgan fingerprint density at radius 2 is 1.79 bits per heavy atom. The van der Waals surface area contributed by atoms with Crippen molar-refractivity contribution in [2.45, 2.75) is 20.4 Å². The summed E-state index contributed by atoms with van der Waals surface area (Å²) < 4.78 is 16.0. The first kappa shape index (κ1) is 22.0. The molecule has 0 atom stereocenters. The summed E-state index contributed by atoms with van der Waals surface area (Å²) >= 11 is 6.01. The van der Waals surface area contributed by atoms with Gasteiger partial charge in [0.2, 0.25) is 0 Å². The molecule has 0 saturated carbocycles. The Morgan fingerprint density at radius 1 is 1.06 bits per heavy atom.